The maximum absolute atomic E-state index is 12.4. The van der Waals surface area contributed by atoms with Gasteiger partial charge in [0.05, 0.1) is 12.5 Å². The SMILES string of the molecule is Cc1sc2c(c1C)C(c1ccc(Cl)cc1)OC(CC(=O)O)c1cc(=O)n(C)cc1-2. The Kier molecular flexibility index (Phi) is 5.11. The van der Waals surface area contributed by atoms with Gasteiger partial charge in [-0.3, -0.25) is 9.59 Å². The number of thiophene rings is 1. The Morgan fingerprint density at radius 3 is 2.62 bits per heavy atom. The van der Waals surface area contributed by atoms with Crippen LogP contribution in [0, 0.1) is 13.8 Å². The lowest BCUT2D eigenvalue weighted by Crippen LogP contribution is -2.19. The first kappa shape index (κ1) is 19.9. The van der Waals surface area contributed by atoms with E-state index in [1.54, 1.807) is 36.7 Å². The lowest BCUT2D eigenvalue weighted by molar-refractivity contribution is -0.141. The number of nitrogens with zero attached hydrogens (tertiary/aromatic N) is 1. The van der Waals surface area contributed by atoms with Gasteiger partial charge in [0, 0.05) is 45.2 Å². The van der Waals surface area contributed by atoms with Gasteiger partial charge < -0.3 is 14.4 Å². The van der Waals surface area contributed by atoms with Crippen LogP contribution >= 0.6 is 22.9 Å². The molecule has 0 saturated carbocycles. The molecule has 0 amide bonds. The maximum Gasteiger partial charge on any atom is 0.306 e. The Bertz CT molecular complexity index is 1160. The molecule has 1 aliphatic rings. The molecule has 0 saturated heterocycles. The van der Waals surface area contributed by atoms with Crippen molar-refractivity contribution in [2.45, 2.75) is 32.5 Å². The molecule has 0 radical (unpaired) electrons. The molecule has 0 fully saturated rings. The summed E-state index contributed by atoms with van der Waals surface area (Å²) in [5, 5.41) is 10.1. The standard InChI is InChI=1S/C22H20ClNO4S/c1-11-12(2)29-22-16-10-24(3)18(25)8-15(16)17(9-19(26)27)28-21(20(11)22)13-4-6-14(23)7-5-13/h4-8,10,17,21H,9H2,1-3H3,(H,26,27). The molecule has 3 heterocycles. The number of hydrogen-bond acceptors (Lipinski definition) is 4. The van der Waals surface area contributed by atoms with Gasteiger partial charge in [-0.1, -0.05) is 23.7 Å². The number of carboxylic acids is 1. The number of pyridine rings is 1. The van der Waals surface area contributed by atoms with E-state index >= 15 is 0 Å². The number of halogens is 1. The van der Waals surface area contributed by atoms with E-state index in [9.17, 15) is 14.7 Å². The second-order valence-corrected chi connectivity index (χ2v) is 8.93. The summed E-state index contributed by atoms with van der Waals surface area (Å²) in [5.41, 5.74) is 4.30. The second kappa shape index (κ2) is 7.44. The average Bonchev–Trinajstić information content (AvgIpc) is 2.89. The Hall–Kier alpha value is -2.41. The van der Waals surface area contributed by atoms with Gasteiger partial charge in [0.25, 0.3) is 5.56 Å². The van der Waals surface area contributed by atoms with Crippen molar-refractivity contribution in [1.82, 2.24) is 4.57 Å². The molecule has 0 bridgehead atoms. The summed E-state index contributed by atoms with van der Waals surface area (Å²) in [7, 11) is 1.70. The fourth-order valence-electron chi connectivity index (χ4n) is 3.77. The average molecular weight is 430 g/mol. The molecule has 2 unspecified atom stereocenters. The smallest absolute Gasteiger partial charge is 0.306 e. The summed E-state index contributed by atoms with van der Waals surface area (Å²) < 4.78 is 7.95. The summed E-state index contributed by atoms with van der Waals surface area (Å²) in [4.78, 5) is 26.1. The van der Waals surface area contributed by atoms with Crippen molar-refractivity contribution in [1.29, 1.82) is 0 Å². The van der Waals surface area contributed by atoms with E-state index in [-0.39, 0.29) is 12.0 Å². The summed E-state index contributed by atoms with van der Waals surface area (Å²) in [6.45, 7) is 4.11. The topological polar surface area (TPSA) is 68.5 Å². The Morgan fingerprint density at radius 2 is 1.97 bits per heavy atom. The van der Waals surface area contributed by atoms with Gasteiger partial charge >= 0.3 is 5.97 Å². The molecular formula is C22H20ClNO4S. The van der Waals surface area contributed by atoms with E-state index in [2.05, 4.69) is 13.8 Å². The summed E-state index contributed by atoms with van der Waals surface area (Å²) in [6, 6.07) is 8.90. The first-order valence-corrected chi connectivity index (χ1v) is 10.4. The van der Waals surface area contributed by atoms with Crippen LogP contribution in [0.1, 0.15) is 45.8 Å². The molecule has 150 valence electrons. The van der Waals surface area contributed by atoms with Gasteiger partial charge in [0.1, 0.15) is 6.10 Å². The van der Waals surface area contributed by atoms with Gasteiger partial charge in [-0.15, -0.1) is 11.3 Å². The van der Waals surface area contributed by atoms with Gasteiger partial charge in [-0.2, -0.15) is 0 Å². The van der Waals surface area contributed by atoms with Crippen LogP contribution in [-0.2, 0) is 16.6 Å². The van der Waals surface area contributed by atoms with Crippen LogP contribution in [-0.4, -0.2) is 15.6 Å². The zero-order valence-corrected chi connectivity index (χ0v) is 17.8. The van der Waals surface area contributed by atoms with Gasteiger partial charge in [0.15, 0.2) is 0 Å². The van der Waals surface area contributed by atoms with Crippen LogP contribution in [0.5, 0.6) is 0 Å². The van der Waals surface area contributed by atoms with Crippen LogP contribution < -0.4 is 5.56 Å². The third-order valence-electron chi connectivity index (χ3n) is 5.38. The van der Waals surface area contributed by atoms with E-state index in [4.69, 9.17) is 16.3 Å². The molecule has 0 aliphatic carbocycles. The first-order valence-electron chi connectivity index (χ1n) is 9.19. The number of carboxylic acid groups (broad SMARTS) is 1. The number of hydrogen-bond donors (Lipinski definition) is 1. The van der Waals surface area contributed by atoms with E-state index in [1.165, 1.54) is 10.6 Å². The van der Waals surface area contributed by atoms with E-state index in [0.717, 1.165) is 32.0 Å². The highest BCUT2D eigenvalue weighted by molar-refractivity contribution is 7.15. The van der Waals surface area contributed by atoms with Crippen molar-refractivity contribution in [2.24, 2.45) is 7.05 Å². The number of ether oxygens (including phenoxy) is 1. The minimum Gasteiger partial charge on any atom is -0.481 e. The molecule has 2 aromatic heterocycles. The van der Waals surface area contributed by atoms with Crippen molar-refractivity contribution in [3.63, 3.8) is 0 Å². The molecule has 5 nitrogen and oxygen atoms in total. The van der Waals surface area contributed by atoms with Crippen molar-refractivity contribution in [3.05, 3.63) is 79.0 Å². The number of rotatable bonds is 3. The van der Waals surface area contributed by atoms with E-state index < -0.39 is 18.2 Å². The first-order chi connectivity index (χ1) is 13.8. The maximum atomic E-state index is 12.4. The van der Waals surface area contributed by atoms with E-state index in [0.29, 0.717) is 10.6 Å². The summed E-state index contributed by atoms with van der Waals surface area (Å²) in [5.74, 6) is -0.977. The minimum absolute atomic E-state index is 0.195. The zero-order valence-electron chi connectivity index (χ0n) is 16.2. The lowest BCUT2D eigenvalue weighted by atomic mass is 9.95. The predicted octanol–water partition coefficient (Wildman–Crippen LogP) is 5.02. The third kappa shape index (κ3) is 3.52. The molecule has 2 atom stereocenters. The van der Waals surface area contributed by atoms with Crippen LogP contribution in [0.2, 0.25) is 5.02 Å². The lowest BCUT2D eigenvalue weighted by Gasteiger charge is -2.23. The molecule has 4 rings (SSSR count). The van der Waals surface area contributed by atoms with Crippen LogP contribution in [0.3, 0.4) is 0 Å². The molecule has 1 N–H and O–H groups in total. The number of aryl methyl sites for hydroxylation is 2. The molecule has 3 aromatic rings. The fourth-order valence-corrected chi connectivity index (χ4v) is 5.11. The van der Waals surface area contributed by atoms with E-state index in [1.807, 2.05) is 12.1 Å². The molecule has 1 aliphatic heterocycles. The number of benzene rings is 1. The normalized spacial score (nSPS) is 18.1. The van der Waals surface area contributed by atoms with Crippen molar-refractivity contribution in [3.8, 4) is 10.4 Å². The van der Waals surface area contributed by atoms with Gasteiger partial charge in [-0.05, 0) is 42.7 Å². The Balaban J connectivity index is 2.01. The van der Waals surface area contributed by atoms with Crippen LogP contribution in [0.25, 0.3) is 10.4 Å². The molecular weight excluding hydrogens is 410 g/mol. The fraction of sp³-hybridized carbons (Fsp3) is 0.273. The van der Waals surface area contributed by atoms with Crippen molar-refractivity contribution in [2.75, 3.05) is 0 Å². The second-order valence-electron chi connectivity index (χ2n) is 7.27. The zero-order chi connectivity index (χ0) is 20.9. The molecule has 29 heavy (non-hydrogen) atoms. The number of aliphatic carboxylic acids is 1. The predicted molar refractivity (Wildman–Crippen MR) is 114 cm³/mol. The minimum atomic E-state index is -0.977. The van der Waals surface area contributed by atoms with Crippen LogP contribution in [0.4, 0.5) is 0 Å². The van der Waals surface area contributed by atoms with Crippen molar-refractivity contribution < 1.29 is 14.6 Å². The van der Waals surface area contributed by atoms with Crippen LogP contribution in [0.15, 0.2) is 41.3 Å². The highest BCUT2D eigenvalue weighted by atomic mass is 35.5. The highest BCUT2D eigenvalue weighted by Gasteiger charge is 2.35. The number of fused-ring (bicyclic) bond motifs is 3. The molecule has 7 heteroatoms. The highest BCUT2D eigenvalue weighted by Crippen LogP contribution is 2.50. The quantitative estimate of drug-likeness (QED) is 0.634. The number of aromatic nitrogens is 1. The molecule has 1 aromatic carbocycles. The summed E-state index contributed by atoms with van der Waals surface area (Å²) in [6.07, 6.45) is 0.367. The molecule has 0 spiro atoms. The van der Waals surface area contributed by atoms with Gasteiger partial charge in [0.2, 0.25) is 0 Å². The Labute approximate surface area is 177 Å². The number of carbonyl (C=O) groups is 1. The largest absolute Gasteiger partial charge is 0.481 e. The third-order valence-corrected chi connectivity index (χ3v) is 6.89. The van der Waals surface area contributed by atoms with Gasteiger partial charge in [-0.25, -0.2) is 0 Å². The summed E-state index contributed by atoms with van der Waals surface area (Å²) >= 11 is 7.71. The Morgan fingerprint density at radius 1 is 1.28 bits per heavy atom. The monoisotopic (exact) mass is 429 g/mol. The van der Waals surface area contributed by atoms with Crippen molar-refractivity contribution >= 4 is 28.9 Å².